The van der Waals surface area contributed by atoms with E-state index < -0.39 is 12.3 Å². The third-order valence-electron chi connectivity index (χ3n) is 5.41. The number of unbranched alkanes of at least 4 members (excludes halogenated alkanes) is 5. The Kier molecular flexibility index (Phi) is 8.09. The molecule has 0 bridgehead atoms. The summed E-state index contributed by atoms with van der Waals surface area (Å²) in [6.07, 6.45) is 8.69. The lowest BCUT2D eigenvalue weighted by Gasteiger charge is -2.39. The van der Waals surface area contributed by atoms with Crippen molar-refractivity contribution in [3.05, 3.63) is 0 Å². The molecule has 2 N–H and O–H groups in total. The average Bonchev–Trinajstić information content (AvgIpc) is 2.52. The average molecular weight is 316 g/mol. The van der Waals surface area contributed by atoms with Gasteiger partial charge < -0.3 is 10.6 Å². The van der Waals surface area contributed by atoms with E-state index in [9.17, 15) is 8.78 Å². The van der Waals surface area contributed by atoms with Crippen molar-refractivity contribution in [1.82, 2.24) is 10.6 Å². The molecule has 0 aromatic heterocycles. The lowest BCUT2D eigenvalue weighted by atomic mass is 9.83. The van der Waals surface area contributed by atoms with Crippen LogP contribution in [0.5, 0.6) is 0 Å². The van der Waals surface area contributed by atoms with Gasteiger partial charge in [-0.1, -0.05) is 45.4 Å². The van der Waals surface area contributed by atoms with E-state index in [0.717, 1.165) is 13.1 Å². The van der Waals surface area contributed by atoms with Gasteiger partial charge in [-0.3, -0.25) is 0 Å². The molecule has 1 saturated heterocycles. The zero-order valence-electron chi connectivity index (χ0n) is 14.1. The molecule has 0 aromatic rings. The van der Waals surface area contributed by atoms with Crippen molar-refractivity contribution in [3.63, 3.8) is 0 Å². The molecule has 2 fully saturated rings. The maximum absolute atomic E-state index is 14.0. The number of alkyl halides is 2. The van der Waals surface area contributed by atoms with E-state index in [-0.39, 0.29) is 18.5 Å². The van der Waals surface area contributed by atoms with Gasteiger partial charge in [-0.15, -0.1) is 0 Å². The number of halogens is 2. The minimum Gasteiger partial charge on any atom is -0.301 e. The third kappa shape index (κ3) is 5.77. The molecule has 1 heterocycles. The second-order valence-electron chi connectivity index (χ2n) is 7.31. The Bertz CT molecular complexity index is 293. The molecule has 1 aliphatic heterocycles. The molecular formula is C18H34F2N2. The van der Waals surface area contributed by atoms with E-state index in [0.29, 0.717) is 18.8 Å². The summed E-state index contributed by atoms with van der Waals surface area (Å²) in [7, 11) is 0. The zero-order valence-corrected chi connectivity index (χ0v) is 14.1. The van der Waals surface area contributed by atoms with Crippen LogP contribution in [-0.2, 0) is 0 Å². The molecule has 22 heavy (non-hydrogen) atoms. The van der Waals surface area contributed by atoms with Gasteiger partial charge in [-0.05, 0) is 25.2 Å². The lowest BCUT2D eigenvalue weighted by molar-refractivity contribution is 0.0586. The summed E-state index contributed by atoms with van der Waals surface area (Å²) >= 11 is 0. The van der Waals surface area contributed by atoms with Crippen LogP contribution < -0.4 is 10.6 Å². The van der Waals surface area contributed by atoms with Gasteiger partial charge >= 0.3 is 0 Å². The first-order valence-electron chi connectivity index (χ1n) is 9.45. The van der Waals surface area contributed by atoms with Crippen LogP contribution in [-0.4, -0.2) is 31.6 Å². The fourth-order valence-electron chi connectivity index (χ4n) is 3.92. The van der Waals surface area contributed by atoms with Crippen molar-refractivity contribution in [2.75, 3.05) is 13.1 Å². The molecular weight excluding hydrogens is 282 g/mol. The highest BCUT2D eigenvalue weighted by Crippen LogP contribution is 2.31. The summed E-state index contributed by atoms with van der Waals surface area (Å²) in [4.78, 5) is 0. The summed E-state index contributed by atoms with van der Waals surface area (Å²) in [5.74, 6) is 0.611. The summed E-state index contributed by atoms with van der Waals surface area (Å²) in [6.45, 7) is 4.21. The van der Waals surface area contributed by atoms with Gasteiger partial charge in [0, 0.05) is 25.4 Å². The Morgan fingerprint density at radius 2 is 1.59 bits per heavy atom. The highest BCUT2D eigenvalue weighted by atomic mass is 19.1. The first kappa shape index (κ1) is 18.1. The van der Waals surface area contributed by atoms with Crippen LogP contribution in [0.2, 0.25) is 0 Å². The lowest BCUT2D eigenvalue weighted by Crippen LogP contribution is -2.58. The molecule has 0 aromatic carbocycles. The second-order valence-corrected chi connectivity index (χ2v) is 7.31. The molecule has 4 heteroatoms. The maximum Gasteiger partial charge on any atom is 0.108 e. The van der Waals surface area contributed by atoms with Gasteiger partial charge in [0.1, 0.15) is 12.3 Å². The van der Waals surface area contributed by atoms with Crippen molar-refractivity contribution in [1.29, 1.82) is 0 Å². The van der Waals surface area contributed by atoms with Gasteiger partial charge in [-0.25, -0.2) is 8.78 Å². The van der Waals surface area contributed by atoms with Gasteiger partial charge in [0.25, 0.3) is 0 Å². The van der Waals surface area contributed by atoms with Crippen molar-refractivity contribution in [2.24, 2.45) is 11.8 Å². The monoisotopic (exact) mass is 316 g/mol. The fraction of sp³-hybridized carbons (Fsp3) is 1.00. The Balaban J connectivity index is 1.57. The van der Waals surface area contributed by atoms with E-state index in [1.165, 1.54) is 44.9 Å². The number of nitrogens with one attached hydrogen (secondary N) is 2. The van der Waals surface area contributed by atoms with Crippen LogP contribution in [0.3, 0.4) is 0 Å². The summed E-state index contributed by atoms with van der Waals surface area (Å²) in [5.41, 5.74) is 0. The number of hydrogen-bond acceptors (Lipinski definition) is 2. The van der Waals surface area contributed by atoms with Gasteiger partial charge in [0.2, 0.25) is 0 Å². The molecule has 3 atom stereocenters. The SMILES string of the molecule is CCCCCCCCC1CNC(C2CCC(F)CC2F)NC1. The molecule has 0 spiro atoms. The highest BCUT2D eigenvalue weighted by Gasteiger charge is 2.37. The molecule has 2 rings (SSSR count). The van der Waals surface area contributed by atoms with E-state index in [4.69, 9.17) is 0 Å². The Morgan fingerprint density at radius 3 is 2.27 bits per heavy atom. The topological polar surface area (TPSA) is 24.1 Å². The summed E-state index contributed by atoms with van der Waals surface area (Å²) in [5, 5.41) is 6.94. The van der Waals surface area contributed by atoms with E-state index in [1.807, 2.05) is 0 Å². The molecule has 1 saturated carbocycles. The second kappa shape index (κ2) is 9.82. The zero-order chi connectivity index (χ0) is 15.8. The number of rotatable bonds is 8. The van der Waals surface area contributed by atoms with Crippen LogP contribution in [0.1, 0.15) is 71.1 Å². The fourth-order valence-corrected chi connectivity index (χ4v) is 3.92. The van der Waals surface area contributed by atoms with Crippen LogP contribution in [0, 0.1) is 11.8 Å². The molecule has 130 valence electrons. The standard InChI is InChI=1S/C18H34F2N2/c1-2-3-4-5-6-7-8-14-12-21-18(22-13-14)16-10-9-15(19)11-17(16)20/h14-18,21-22H,2-13H2,1H3. The summed E-state index contributed by atoms with van der Waals surface area (Å²) < 4.78 is 27.2. The van der Waals surface area contributed by atoms with Crippen LogP contribution in [0.4, 0.5) is 8.78 Å². The van der Waals surface area contributed by atoms with Crippen molar-refractivity contribution in [3.8, 4) is 0 Å². The largest absolute Gasteiger partial charge is 0.301 e. The molecule has 2 aliphatic rings. The third-order valence-corrected chi connectivity index (χ3v) is 5.41. The smallest absolute Gasteiger partial charge is 0.108 e. The molecule has 2 nitrogen and oxygen atoms in total. The van der Waals surface area contributed by atoms with E-state index in [2.05, 4.69) is 17.6 Å². The van der Waals surface area contributed by atoms with Crippen molar-refractivity contribution < 1.29 is 8.78 Å². The van der Waals surface area contributed by atoms with E-state index in [1.54, 1.807) is 0 Å². The van der Waals surface area contributed by atoms with Crippen LogP contribution >= 0.6 is 0 Å². The first-order chi connectivity index (χ1) is 10.7. The van der Waals surface area contributed by atoms with Crippen molar-refractivity contribution >= 4 is 0 Å². The predicted molar refractivity (Wildman–Crippen MR) is 88.4 cm³/mol. The summed E-state index contributed by atoms with van der Waals surface area (Å²) in [6, 6.07) is 0. The minimum absolute atomic E-state index is 0.0447. The van der Waals surface area contributed by atoms with E-state index >= 15 is 0 Å². The number of hydrogen-bond donors (Lipinski definition) is 2. The molecule has 1 aliphatic carbocycles. The molecule has 3 unspecified atom stereocenters. The Labute approximate surface area is 134 Å². The Hall–Kier alpha value is -0.220. The van der Waals surface area contributed by atoms with Gasteiger partial charge in [0.05, 0.1) is 6.17 Å². The Morgan fingerprint density at radius 1 is 0.909 bits per heavy atom. The van der Waals surface area contributed by atoms with Gasteiger partial charge in [-0.2, -0.15) is 0 Å². The maximum atomic E-state index is 14.0. The van der Waals surface area contributed by atoms with Crippen LogP contribution in [0.25, 0.3) is 0 Å². The molecule has 0 amide bonds. The molecule has 0 radical (unpaired) electrons. The minimum atomic E-state index is -0.996. The van der Waals surface area contributed by atoms with Crippen molar-refractivity contribution in [2.45, 2.75) is 89.6 Å². The predicted octanol–water partition coefficient (Wildman–Crippen LogP) is 4.35. The van der Waals surface area contributed by atoms with Crippen LogP contribution in [0.15, 0.2) is 0 Å². The van der Waals surface area contributed by atoms with Gasteiger partial charge in [0.15, 0.2) is 0 Å². The normalized spacial score (nSPS) is 36.4. The first-order valence-corrected chi connectivity index (χ1v) is 9.45. The quantitative estimate of drug-likeness (QED) is 0.651. The highest BCUT2D eigenvalue weighted by molar-refractivity contribution is 4.90.